The van der Waals surface area contributed by atoms with Gasteiger partial charge in [0.2, 0.25) is 5.91 Å². The third-order valence-corrected chi connectivity index (χ3v) is 5.81. The van der Waals surface area contributed by atoms with E-state index in [1.165, 1.54) is 25.9 Å². The highest BCUT2D eigenvalue weighted by Gasteiger charge is 2.27. The topological polar surface area (TPSA) is 26.8 Å². The Bertz CT molecular complexity index is 549. The number of carbonyl (C=O) groups excluding carboxylic acids is 1. The van der Waals surface area contributed by atoms with Crippen molar-refractivity contribution in [3.8, 4) is 0 Å². The number of piperidine rings is 1. The molecule has 0 spiro atoms. The van der Waals surface area contributed by atoms with Crippen LogP contribution in [0.3, 0.4) is 0 Å². The van der Waals surface area contributed by atoms with Crippen LogP contribution in [0.25, 0.3) is 0 Å². The minimum absolute atomic E-state index is 0.262. The molecule has 0 aromatic heterocycles. The van der Waals surface area contributed by atoms with E-state index in [0.717, 1.165) is 43.2 Å². The first-order valence-corrected chi connectivity index (χ1v) is 9.45. The van der Waals surface area contributed by atoms with E-state index in [4.69, 9.17) is 11.6 Å². The molecule has 2 heterocycles. The van der Waals surface area contributed by atoms with E-state index < -0.39 is 0 Å². The second-order valence-corrected chi connectivity index (χ2v) is 7.45. The van der Waals surface area contributed by atoms with E-state index in [2.05, 4.69) is 16.8 Å². The maximum Gasteiger partial charge on any atom is 0.222 e. The second kappa shape index (κ2) is 8.32. The van der Waals surface area contributed by atoms with Gasteiger partial charge in [-0.05, 0) is 51.0 Å². The largest absolute Gasteiger partial charge is 0.340 e. The van der Waals surface area contributed by atoms with E-state index in [-0.39, 0.29) is 5.91 Å². The summed E-state index contributed by atoms with van der Waals surface area (Å²) in [6.45, 7) is 6.17. The fourth-order valence-corrected chi connectivity index (χ4v) is 4.03. The zero-order chi connectivity index (χ0) is 16.9. The number of benzene rings is 1. The molecule has 24 heavy (non-hydrogen) atoms. The van der Waals surface area contributed by atoms with Crippen LogP contribution >= 0.6 is 11.6 Å². The number of rotatable bonds is 4. The van der Waals surface area contributed by atoms with Crippen molar-refractivity contribution in [3.63, 3.8) is 0 Å². The van der Waals surface area contributed by atoms with Crippen LogP contribution in [0.1, 0.15) is 24.8 Å². The summed E-state index contributed by atoms with van der Waals surface area (Å²) in [5.41, 5.74) is 1.07. The molecule has 1 aromatic carbocycles. The Morgan fingerprint density at radius 2 is 1.75 bits per heavy atom. The second-order valence-electron chi connectivity index (χ2n) is 7.04. The quantitative estimate of drug-likeness (QED) is 0.835. The molecule has 2 fully saturated rings. The first-order chi connectivity index (χ1) is 11.6. The lowest BCUT2D eigenvalue weighted by Gasteiger charge is -2.42. The van der Waals surface area contributed by atoms with Gasteiger partial charge in [-0.2, -0.15) is 0 Å². The van der Waals surface area contributed by atoms with Gasteiger partial charge in [-0.15, -0.1) is 0 Å². The molecule has 2 saturated heterocycles. The molecule has 132 valence electrons. The summed E-state index contributed by atoms with van der Waals surface area (Å²) in [5, 5.41) is 0.761. The van der Waals surface area contributed by atoms with Crippen molar-refractivity contribution in [1.29, 1.82) is 0 Å². The Balaban J connectivity index is 1.43. The monoisotopic (exact) mass is 349 g/mol. The Morgan fingerprint density at radius 3 is 2.42 bits per heavy atom. The molecular formula is C19H28ClN3O. The Hall–Kier alpha value is -1.10. The lowest BCUT2D eigenvalue weighted by molar-refractivity contribution is -0.133. The van der Waals surface area contributed by atoms with Gasteiger partial charge in [0.1, 0.15) is 0 Å². The number of aryl methyl sites for hydroxylation is 1. The zero-order valence-corrected chi connectivity index (χ0v) is 15.3. The van der Waals surface area contributed by atoms with Crippen molar-refractivity contribution < 1.29 is 4.79 Å². The lowest BCUT2D eigenvalue weighted by Crippen LogP contribution is -2.54. The van der Waals surface area contributed by atoms with E-state index in [1.807, 2.05) is 29.2 Å². The first kappa shape index (κ1) is 17.7. The van der Waals surface area contributed by atoms with Crippen LogP contribution in [-0.2, 0) is 11.2 Å². The summed E-state index contributed by atoms with van der Waals surface area (Å²) in [7, 11) is 2.20. The molecule has 1 amide bonds. The number of carbonyl (C=O) groups is 1. The van der Waals surface area contributed by atoms with Gasteiger partial charge >= 0.3 is 0 Å². The van der Waals surface area contributed by atoms with Gasteiger partial charge in [0.05, 0.1) is 0 Å². The van der Waals surface area contributed by atoms with Crippen LogP contribution in [0.2, 0.25) is 5.02 Å². The lowest BCUT2D eigenvalue weighted by atomic mass is 10.0. The van der Waals surface area contributed by atoms with Gasteiger partial charge in [-0.3, -0.25) is 9.69 Å². The predicted octanol–water partition coefficient (Wildman–Crippen LogP) is 2.51. The van der Waals surface area contributed by atoms with Crippen LogP contribution < -0.4 is 0 Å². The molecule has 4 nitrogen and oxygen atoms in total. The van der Waals surface area contributed by atoms with E-state index in [0.29, 0.717) is 12.5 Å². The maximum absolute atomic E-state index is 12.5. The molecule has 5 heteroatoms. The Morgan fingerprint density at radius 1 is 1.08 bits per heavy atom. The van der Waals surface area contributed by atoms with Crippen molar-refractivity contribution in [2.45, 2.75) is 31.7 Å². The number of likely N-dealkylation sites (tertiary alicyclic amines) is 1. The number of hydrogen-bond acceptors (Lipinski definition) is 3. The minimum atomic E-state index is 0.262. The van der Waals surface area contributed by atoms with Crippen molar-refractivity contribution in [2.24, 2.45) is 0 Å². The Labute approximate surface area is 150 Å². The van der Waals surface area contributed by atoms with E-state index in [9.17, 15) is 4.79 Å². The zero-order valence-electron chi connectivity index (χ0n) is 14.6. The van der Waals surface area contributed by atoms with Crippen molar-refractivity contribution in [3.05, 3.63) is 34.9 Å². The number of halogens is 1. The number of nitrogens with zero attached hydrogens (tertiary/aromatic N) is 3. The average molecular weight is 350 g/mol. The summed E-state index contributed by atoms with van der Waals surface area (Å²) in [5.74, 6) is 0.262. The fourth-order valence-electron chi connectivity index (χ4n) is 3.80. The van der Waals surface area contributed by atoms with Gasteiger partial charge in [0.15, 0.2) is 0 Å². The highest BCUT2D eigenvalue weighted by atomic mass is 35.5. The van der Waals surface area contributed by atoms with Crippen LogP contribution in [0.15, 0.2) is 24.3 Å². The molecule has 0 radical (unpaired) electrons. The fraction of sp³-hybridized carbons (Fsp3) is 0.632. The van der Waals surface area contributed by atoms with Crippen LogP contribution in [0.4, 0.5) is 0 Å². The summed E-state index contributed by atoms with van der Waals surface area (Å²) < 4.78 is 0. The summed E-state index contributed by atoms with van der Waals surface area (Å²) in [4.78, 5) is 19.5. The SMILES string of the molecule is CN1CCC(N2CCN(C(=O)CCc3ccccc3Cl)CC2)CC1. The van der Waals surface area contributed by atoms with Crippen molar-refractivity contribution >= 4 is 17.5 Å². The molecule has 0 bridgehead atoms. The third kappa shape index (κ3) is 4.50. The normalized spacial score (nSPS) is 21.2. The van der Waals surface area contributed by atoms with Gasteiger partial charge in [-0.1, -0.05) is 29.8 Å². The highest BCUT2D eigenvalue weighted by Crippen LogP contribution is 2.19. The van der Waals surface area contributed by atoms with Crippen LogP contribution in [0.5, 0.6) is 0 Å². The molecule has 0 atom stereocenters. The van der Waals surface area contributed by atoms with Crippen molar-refractivity contribution in [1.82, 2.24) is 14.7 Å². The number of piperazine rings is 1. The molecule has 2 aliphatic rings. The number of hydrogen-bond donors (Lipinski definition) is 0. The Kier molecular flexibility index (Phi) is 6.14. The molecule has 1 aromatic rings. The molecule has 0 unspecified atom stereocenters. The molecule has 2 aliphatic heterocycles. The molecule has 0 saturated carbocycles. The standard InChI is InChI=1S/C19H28ClN3O/c1-21-10-8-17(9-11-21)22-12-14-23(15-13-22)19(24)7-6-16-4-2-3-5-18(16)20/h2-5,17H,6-15H2,1H3. The molecular weight excluding hydrogens is 322 g/mol. The van der Waals surface area contributed by atoms with Gasteiger partial charge in [-0.25, -0.2) is 0 Å². The van der Waals surface area contributed by atoms with Crippen LogP contribution in [0, 0.1) is 0 Å². The van der Waals surface area contributed by atoms with Gasteiger partial charge in [0, 0.05) is 43.7 Å². The van der Waals surface area contributed by atoms with Gasteiger partial charge < -0.3 is 9.80 Å². The van der Waals surface area contributed by atoms with Gasteiger partial charge in [0.25, 0.3) is 0 Å². The molecule has 0 aliphatic carbocycles. The predicted molar refractivity (Wildman–Crippen MR) is 98.4 cm³/mol. The third-order valence-electron chi connectivity index (χ3n) is 5.44. The van der Waals surface area contributed by atoms with Crippen molar-refractivity contribution in [2.75, 3.05) is 46.3 Å². The highest BCUT2D eigenvalue weighted by molar-refractivity contribution is 6.31. The number of amides is 1. The smallest absolute Gasteiger partial charge is 0.222 e. The summed E-state index contributed by atoms with van der Waals surface area (Å²) >= 11 is 6.17. The average Bonchev–Trinajstić information content (AvgIpc) is 2.62. The first-order valence-electron chi connectivity index (χ1n) is 9.07. The van der Waals surface area contributed by atoms with Crippen LogP contribution in [-0.4, -0.2) is 73.0 Å². The summed E-state index contributed by atoms with van der Waals surface area (Å²) in [6, 6.07) is 8.51. The maximum atomic E-state index is 12.5. The molecule has 0 N–H and O–H groups in total. The summed E-state index contributed by atoms with van der Waals surface area (Å²) in [6.07, 6.45) is 3.81. The van der Waals surface area contributed by atoms with E-state index in [1.54, 1.807) is 0 Å². The minimum Gasteiger partial charge on any atom is -0.340 e. The van der Waals surface area contributed by atoms with E-state index >= 15 is 0 Å². The molecule has 3 rings (SSSR count).